The first-order valence-corrected chi connectivity index (χ1v) is 5.42. The lowest BCUT2D eigenvalue weighted by Crippen LogP contribution is -2.24. The molecule has 2 nitrogen and oxygen atoms in total. The van der Waals surface area contributed by atoms with Crippen molar-refractivity contribution in [1.29, 1.82) is 0 Å². The molecule has 1 aliphatic carbocycles. The fourth-order valence-electron chi connectivity index (χ4n) is 1.99. The number of hydrogen-bond donors (Lipinski definition) is 1. The predicted octanol–water partition coefficient (Wildman–Crippen LogP) is 2.63. The maximum Gasteiger partial charge on any atom is 0.165 e. The van der Waals surface area contributed by atoms with Gasteiger partial charge < -0.3 is 5.11 Å². The molecule has 0 aromatic carbocycles. The molecule has 0 saturated carbocycles. The monoisotopic (exact) mass is 208 g/mol. The van der Waals surface area contributed by atoms with Gasteiger partial charge in [0.05, 0.1) is 0 Å². The second-order valence-corrected chi connectivity index (χ2v) is 4.97. The van der Waals surface area contributed by atoms with Crippen LogP contribution in [-0.4, -0.2) is 17.0 Å². The third kappa shape index (κ3) is 2.78. The summed E-state index contributed by atoms with van der Waals surface area (Å²) in [6, 6.07) is 0. The molecule has 15 heavy (non-hydrogen) atoms. The van der Waals surface area contributed by atoms with Crippen molar-refractivity contribution in [3.63, 3.8) is 0 Å². The Balaban J connectivity index is 2.90. The highest BCUT2D eigenvalue weighted by atomic mass is 16.3. The zero-order valence-corrected chi connectivity index (χ0v) is 10.0. The second kappa shape index (κ2) is 4.31. The van der Waals surface area contributed by atoms with Gasteiger partial charge in [0.15, 0.2) is 5.78 Å². The van der Waals surface area contributed by atoms with Crippen molar-refractivity contribution in [3.8, 4) is 0 Å². The Labute approximate surface area is 91.7 Å². The highest BCUT2D eigenvalue weighted by Gasteiger charge is 2.28. The van der Waals surface area contributed by atoms with Gasteiger partial charge in [-0.05, 0) is 25.7 Å². The number of aliphatic hydroxyl groups is 1. The minimum absolute atomic E-state index is 0.0450. The number of rotatable bonds is 3. The van der Waals surface area contributed by atoms with Crippen LogP contribution in [0.25, 0.3) is 0 Å². The van der Waals surface area contributed by atoms with Crippen molar-refractivity contribution in [2.45, 2.75) is 46.6 Å². The normalized spacial score (nSPS) is 21.7. The average molecular weight is 208 g/mol. The van der Waals surface area contributed by atoms with Gasteiger partial charge in [-0.3, -0.25) is 4.79 Å². The molecule has 0 bridgehead atoms. The first-order chi connectivity index (χ1) is 6.84. The lowest BCUT2D eigenvalue weighted by atomic mass is 9.73. The van der Waals surface area contributed by atoms with Crippen LogP contribution in [0.4, 0.5) is 0 Å². The summed E-state index contributed by atoms with van der Waals surface area (Å²) in [5.74, 6) is -0.0901. The van der Waals surface area contributed by atoms with Crippen LogP contribution in [0.1, 0.15) is 40.5 Å². The Hall–Kier alpha value is -0.890. The highest BCUT2D eigenvalue weighted by Crippen LogP contribution is 2.38. The molecule has 0 aromatic heterocycles. The molecule has 84 valence electrons. The summed E-state index contributed by atoms with van der Waals surface area (Å²) in [5, 5.41) is 9.22. The molecule has 1 rings (SSSR count). The number of aliphatic hydroxyl groups excluding tert-OH is 1. The van der Waals surface area contributed by atoms with Crippen molar-refractivity contribution < 1.29 is 9.90 Å². The molecule has 0 radical (unpaired) electrons. The summed E-state index contributed by atoms with van der Waals surface area (Å²) in [4.78, 5) is 11.5. The maximum atomic E-state index is 11.5. The van der Waals surface area contributed by atoms with Gasteiger partial charge in [0.25, 0.3) is 0 Å². The molecule has 1 aliphatic rings. The lowest BCUT2D eigenvalue weighted by molar-refractivity contribution is -0.125. The standard InChI is InChI=1S/C13H20O2/c1-9-6-5-7-13(3,4)11(9)8-12(15)10(2)14/h5-6,10,14H,7-8H2,1-4H3. The molecule has 0 aromatic rings. The van der Waals surface area contributed by atoms with Crippen molar-refractivity contribution in [2.75, 3.05) is 0 Å². The third-order valence-corrected chi connectivity index (χ3v) is 3.11. The van der Waals surface area contributed by atoms with E-state index in [0.717, 1.165) is 12.0 Å². The second-order valence-electron chi connectivity index (χ2n) is 4.97. The number of ketones is 1. The van der Waals surface area contributed by atoms with E-state index in [1.165, 1.54) is 12.5 Å². The molecule has 0 saturated heterocycles. The lowest BCUT2D eigenvalue weighted by Gasteiger charge is -2.31. The predicted molar refractivity (Wildman–Crippen MR) is 61.5 cm³/mol. The van der Waals surface area contributed by atoms with E-state index in [-0.39, 0.29) is 11.2 Å². The summed E-state index contributed by atoms with van der Waals surface area (Å²) < 4.78 is 0. The zero-order chi connectivity index (χ0) is 11.6. The van der Waals surface area contributed by atoms with Gasteiger partial charge in [-0.2, -0.15) is 0 Å². The van der Waals surface area contributed by atoms with Crippen molar-refractivity contribution in [1.82, 2.24) is 0 Å². The van der Waals surface area contributed by atoms with Crippen LogP contribution in [0.15, 0.2) is 23.3 Å². The van der Waals surface area contributed by atoms with E-state index in [1.54, 1.807) is 0 Å². The molecular weight excluding hydrogens is 188 g/mol. The largest absolute Gasteiger partial charge is 0.386 e. The highest BCUT2D eigenvalue weighted by molar-refractivity contribution is 5.85. The zero-order valence-electron chi connectivity index (χ0n) is 10.0. The Morgan fingerprint density at radius 2 is 2.20 bits per heavy atom. The molecule has 1 unspecified atom stereocenters. The molecule has 0 fully saturated rings. The Morgan fingerprint density at radius 3 is 2.67 bits per heavy atom. The van der Waals surface area contributed by atoms with Gasteiger partial charge >= 0.3 is 0 Å². The molecule has 0 amide bonds. The van der Waals surface area contributed by atoms with Crippen LogP contribution < -0.4 is 0 Å². The minimum Gasteiger partial charge on any atom is -0.386 e. The van der Waals surface area contributed by atoms with E-state index >= 15 is 0 Å². The van der Waals surface area contributed by atoms with Crippen LogP contribution in [0.2, 0.25) is 0 Å². The Bertz CT molecular complexity index is 319. The van der Waals surface area contributed by atoms with Crippen molar-refractivity contribution in [2.24, 2.45) is 5.41 Å². The topological polar surface area (TPSA) is 37.3 Å². The number of carbonyl (C=O) groups is 1. The summed E-state index contributed by atoms with van der Waals surface area (Å²) in [6.45, 7) is 7.85. The van der Waals surface area contributed by atoms with E-state index in [2.05, 4.69) is 26.0 Å². The summed E-state index contributed by atoms with van der Waals surface area (Å²) >= 11 is 0. The van der Waals surface area contributed by atoms with E-state index in [9.17, 15) is 9.90 Å². The number of carbonyl (C=O) groups excluding carboxylic acids is 1. The maximum absolute atomic E-state index is 11.5. The minimum atomic E-state index is -0.855. The van der Waals surface area contributed by atoms with Gasteiger partial charge in [-0.15, -0.1) is 0 Å². The molecule has 1 N–H and O–H groups in total. The average Bonchev–Trinajstić information content (AvgIpc) is 2.10. The first-order valence-electron chi connectivity index (χ1n) is 5.42. The summed E-state index contributed by atoms with van der Waals surface area (Å²) in [5.41, 5.74) is 2.37. The van der Waals surface area contributed by atoms with E-state index in [4.69, 9.17) is 0 Å². The smallest absolute Gasteiger partial charge is 0.165 e. The Morgan fingerprint density at radius 1 is 1.60 bits per heavy atom. The third-order valence-electron chi connectivity index (χ3n) is 3.11. The van der Waals surface area contributed by atoms with Crippen LogP contribution in [0, 0.1) is 5.41 Å². The van der Waals surface area contributed by atoms with Crippen LogP contribution in [-0.2, 0) is 4.79 Å². The van der Waals surface area contributed by atoms with E-state index in [0.29, 0.717) is 6.42 Å². The molecule has 0 spiro atoms. The van der Waals surface area contributed by atoms with Crippen LogP contribution in [0.5, 0.6) is 0 Å². The van der Waals surface area contributed by atoms with Crippen LogP contribution in [0.3, 0.4) is 0 Å². The van der Waals surface area contributed by atoms with E-state index < -0.39 is 6.10 Å². The van der Waals surface area contributed by atoms with Crippen molar-refractivity contribution in [3.05, 3.63) is 23.3 Å². The van der Waals surface area contributed by atoms with Crippen molar-refractivity contribution >= 4 is 5.78 Å². The first kappa shape index (κ1) is 12.2. The number of allylic oxidation sites excluding steroid dienone is 4. The Kier molecular flexibility index (Phi) is 3.50. The quantitative estimate of drug-likeness (QED) is 0.774. The fourth-order valence-corrected chi connectivity index (χ4v) is 1.99. The van der Waals surface area contributed by atoms with Gasteiger partial charge in [0.2, 0.25) is 0 Å². The van der Waals surface area contributed by atoms with Gasteiger partial charge in [0, 0.05) is 6.42 Å². The summed E-state index contributed by atoms with van der Waals surface area (Å²) in [6.07, 6.45) is 4.70. The van der Waals surface area contributed by atoms with Gasteiger partial charge in [-0.1, -0.05) is 37.1 Å². The summed E-state index contributed by atoms with van der Waals surface area (Å²) in [7, 11) is 0. The fraction of sp³-hybridized carbons (Fsp3) is 0.615. The van der Waals surface area contributed by atoms with Crippen LogP contribution >= 0.6 is 0 Å². The van der Waals surface area contributed by atoms with E-state index in [1.807, 2.05) is 6.92 Å². The molecule has 0 aliphatic heterocycles. The SMILES string of the molecule is CC1=C(CC(=O)C(C)O)C(C)(C)CC=C1. The number of hydrogen-bond acceptors (Lipinski definition) is 2. The molecule has 2 heteroatoms. The molecule has 1 atom stereocenters. The molecule has 0 heterocycles. The number of Topliss-reactive ketones (excluding diaryl/α,β-unsaturated/α-hetero) is 1. The van der Waals surface area contributed by atoms with Gasteiger partial charge in [-0.25, -0.2) is 0 Å². The molecular formula is C13H20O2. The van der Waals surface area contributed by atoms with Gasteiger partial charge in [0.1, 0.15) is 6.10 Å².